The minimum Gasteiger partial charge on any atom is -0.489 e. The molecule has 0 aliphatic rings. The Labute approximate surface area is 149 Å². The quantitative estimate of drug-likeness (QED) is 0.565. The maximum absolute atomic E-state index is 12.7. The molecule has 0 saturated heterocycles. The highest BCUT2D eigenvalue weighted by atomic mass is 35.5. The van der Waals surface area contributed by atoms with Crippen molar-refractivity contribution < 1.29 is 9.15 Å². The number of benzene rings is 2. The molecule has 0 unspecified atom stereocenters. The standard InChI is InChI=1S/C19H14Cl2O3/c1-3-8-23-16-7-5-4-6-13(16)18-11(2)17(22)14-9-12(20)10-15(21)19(14)24-18/h3-7,9-10H,1,8H2,2H3. The lowest BCUT2D eigenvalue weighted by molar-refractivity contribution is 0.363. The fraction of sp³-hybridized carbons (Fsp3) is 0.105. The first-order chi connectivity index (χ1) is 11.5. The number of halogens is 2. The molecule has 0 spiro atoms. The highest BCUT2D eigenvalue weighted by Crippen LogP contribution is 2.35. The molecule has 0 amide bonds. The van der Waals surface area contributed by atoms with Gasteiger partial charge in [0.1, 0.15) is 18.1 Å². The lowest BCUT2D eigenvalue weighted by Gasteiger charge is -2.12. The fourth-order valence-corrected chi connectivity index (χ4v) is 3.03. The third-order valence-electron chi connectivity index (χ3n) is 3.63. The van der Waals surface area contributed by atoms with Crippen LogP contribution in [0.15, 0.2) is 58.3 Å². The summed E-state index contributed by atoms with van der Waals surface area (Å²) in [5.74, 6) is 1.03. The maximum atomic E-state index is 12.7. The molecule has 0 bridgehead atoms. The zero-order chi connectivity index (χ0) is 17.3. The summed E-state index contributed by atoms with van der Waals surface area (Å²) in [6, 6.07) is 10.5. The molecule has 3 rings (SSSR count). The van der Waals surface area contributed by atoms with Crippen molar-refractivity contribution in [2.75, 3.05) is 6.61 Å². The molecule has 0 N–H and O–H groups in total. The zero-order valence-electron chi connectivity index (χ0n) is 12.9. The van der Waals surface area contributed by atoms with E-state index in [0.29, 0.717) is 50.3 Å². The highest BCUT2D eigenvalue weighted by molar-refractivity contribution is 6.38. The molecular weight excluding hydrogens is 347 g/mol. The van der Waals surface area contributed by atoms with E-state index in [1.165, 1.54) is 0 Å². The van der Waals surface area contributed by atoms with E-state index in [1.807, 2.05) is 24.3 Å². The van der Waals surface area contributed by atoms with Crippen LogP contribution in [0.4, 0.5) is 0 Å². The number of hydrogen-bond donors (Lipinski definition) is 0. The summed E-state index contributed by atoms with van der Waals surface area (Å²) in [5, 5.41) is 1.04. The summed E-state index contributed by atoms with van der Waals surface area (Å²) < 4.78 is 11.6. The van der Waals surface area contributed by atoms with Crippen LogP contribution in [0, 0.1) is 6.92 Å². The van der Waals surface area contributed by atoms with E-state index in [9.17, 15) is 4.79 Å². The van der Waals surface area contributed by atoms with Gasteiger partial charge >= 0.3 is 0 Å². The Balaban J connectivity index is 2.30. The van der Waals surface area contributed by atoms with E-state index < -0.39 is 0 Å². The normalized spacial score (nSPS) is 10.8. The molecule has 24 heavy (non-hydrogen) atoms. The third kappa shape index (κ3) is 2.93. The number of hydrogen-bond acceptors (Lipinski definition) is 3. The summed E-state index contributed by atoms with van der Waals surface area (Å²) in [7, 11) is 0. The van der Waals surface area contributed by atoms with Crippen LogP contribution < -0.4 is 10.2 Å². The molecule has 0 aliphatic heterocycles. The first-order valence-corrected chi connectivity index (χ1v) is 8.04. The van der Waals surface area contributed by atoms with Gasteiger partial charge in [-0.15, -0.1) is 0 Å². The molecule has 2 aromatic carbocycles. The van der Waals surface area contributed by atoms with Gasteiger partial charge in [-0.1, -0.05) is 48.0 Å². The van der Waals surface area contributed by atoms with E-state index in [0.717, 1.165) is 0 Å². The van der Waals surface area contributed by atoms with Crippen LogP contribution in [-0.4, -0.2) is 6.61 Å². The number of ether oxygens (including phenoxy) is 1. The first kappa shape index (κ1) is 16.6. The predicted octanol–water partition coefficient (Wildman–Crippen LogP) is 5.64. The van der Waals surface area contributed by atoms with Crippen LogP contribution >= 0.6 is 23.2 Å². The summed E-state index contributed by atoms with van der Waals surface area (Å²) in [5.41, 5.74) is 1.29. The van der Waals surface area contributed by atoms with Gasteiger partial charge in [0.15, 0.2) is 11.0 Å². The lowest BCUT2D eigenvalue weighted by atomic mass is 10.0. The van der Waals surface area contributed by atoms with Crippen LogP contribution in [0.2, 0.25) is 10.0 Å². The fourth-order valence-electron chi connectivity index (χ4n) is 2.50. The second-order valence-corrected chi connectivity index (χ2v) is 6.09. The SMILES string of the molecule is C=CCOc1ccccc1-c1oc2c(Cl)cc(Cl)cc2c(=O)c1C. The zero-order valence-corrected chi connectivity index (χ0v) is 14.4. The second-order valence-electron chi connectivity index (χ2n) is 5.25. The van der Waals surface area contributed by atoms with Crippen LogP contribution in [0.1, 0.15) is 5.56 Å². The summed E-state index contributed by atoms with van der Waals surface area (Å²) in [6.07, 6.45) is 1.65. The minimum atomic E-state index is -0.172. The average molecular weight is 361 g/mol. The van der Waals surface area contributed by atoms with Crippen LogP contribution in [-0.2, 0) is 0 Å². The van der Waals surface area contributed by atoms with Gasteiger partial charge < -0.3 is 9.15 Å². The average Bonchev–Trinajstić information content (AvgIpc) is 2.57. The Morgan fingerprint density at radius 1 is 1.25 bits per heavy atom. The molecule has 3 aromatic rings. The van der Waals surface area contributed by atoms with Gasteiger partial charge in [0, 0.05) is 10.6 Å². The molecule has 0 aliphatic carbocycles. The van der Waals surface area contributed by atoms with Gasteiger partial charge in [0.2, 0.25) is 0 Å². The predicted molar refractivity (Wildman–Crippen MR) is 98.4 cm³/mol. The smallest absolute Gasteiger partial charge is 0.196 e. The molecule has 122 valence electrons. The van der Waals surface area contributed by atoms with Crippen LogP contribution in [0.25, 0.3) is 22.3 Å². The summed E-state index contributed by atoms with van der Waals surface area (Å²) in [6.45, 7) is 5.70. The molecule has 0 atom stereocenters. The van der Waals surface area contributed by atoms with Gasteiger partial charge in [0.25, 0.3) is 0 Å². The van der Waals surface area contributed by atoms with Gasteiger partial charge in [-0.25, -0.2) is 0 Å². The molecule has 0 saturated carbocycles. The Kier molecular flexibility index (Phi) is 4.65. The number of rotatable bonds is 4. The number of fused-ring (bicyclic) bond motifs is 1. The van der Waals surface area contributed by atoms with E-state index in [4.69, 9.17) is 32.4 Å². The van der Waals surface area contributed by atoms with Crippen molar-refractivity contribution in [3.8, 4) is 17.1 Å². The second kappa shape index (κ2) is 6.71. The van der Waals surface area contributed by atoms with Crippen LogP contribution in [0.5, 0.6) is 5.75 Å². The monoisotopic (exact) mass is 360 g/mol. The largest absolute Gasteiger partial charge is 0.489 e. The third-order valence-corrected chi connectivity index (χ3v) is 4.13. The van der Waals surface area contributed by atoms with E-state index in [1.54, 1.807) is 25.1 Å². The molecule has 1 aromatic heterocycles. The minimum absolute atomic E-state index is 0.172. The molecule has 3 nitrogen and oxygen atoms in total. The van der Waals surface area contributed by atoms with Crippen LogP contribution in [0.3, 0.4) is 0 Å². The topological polar surface area (TPSA) is 39.4 Å². The first-order valence-electron chi connectivity index (χ1n) is 7.28. The Hall–Kier alpha value is -2.23. The van der Waals surface area contributed by atoms with Crippen molar-refractivity contribution in [1.29, 1.82) is 0 Å². The van der Waals surface area contributed by atoms with Crippen molar-refractivity contribution in [2.45, 2.75) is 6.92 Å². The Morgan fingerprint density at radius 2 is 2.00 bits per heavy atom. The maximum Gasteiger partial charge on any atom is 0.196 e. The molecule has 1 heterocycles. The van der Waals surface area contributed by atoms with Gasteiger partial charge in [0.05, 0.1) is 16.0 Å². The molecule has 0 radical (unpaired) electrons. The van der Waals surface area contributed by atoms with E-state index in [2.05, 4.69) is 6.58 Å². The Morgan fingerprint density at radius 3 is 2.75 bits per heavy atom. The van der Waals surface area contributed by atoms with Crippen molar-refractivity contribution in [1.82, 2.24) is 0 Å². The van der Waals surface area contributed by atoms with Crippen molar-refractivity contribution >= 4 is 34.2 Å². The van der Waals surface area contributed by atoms with Crippen molar-refractivity contribution in [3.05, 3.63) is 74.9 Å². The molecular formula is C19H14Cl2O3. The summed E-state index contributed by atoms with van der Waals surface area (Å²) in [4.78, 5) is 12.7. The number of para-hydroxylation sites is 1. The highest BCUT2D eigenvalue weighted by Gasteiger charge is 2.18. The van der Waals surface area contributed by atoms with E-state index in [-0.39, 0.29) is 5.43 Å². The van der Waals surface area contributed by atoms with Gasteiger partial charge in [-0.05, 0) is 31.2 Å². The van der Waals surface area contributed by atoms with Gasteiger partial charge in [-0.2, -0.15) is 0 Å². The lowest BCUT2D eigenvalue weighted by Crippen LogP contribution is -2.08. The van der Waals surface area contributed by atoms with Crippen molar-refractivity contribution in [3.63, 3.8) is 0 Å². The molecule has 0 fully saturated rings. The van der Waals surface area contributed by atoms with Gasteiger partial charge in [-0.3, -0.25) is 4.79 Å². The summed E-state index contributed by atoms with van der Waals surface area (Å²) >= 11 is 12.2. The molecule has 5 heteroatoms. The van der Waals surface area contributed by atoms with E-state index >= 15 is 0 Å². The van der Waals surface area contributed by atoms with Crippen molar-refractivity contribution in [2.24, 2.45) is 0 Å². The Bertz CT molecular complexity index is 990.